The van der Waals surface area contributed by atoms with Crippen LogP contribution in [0.25, 0.3) is 11.0 Å². The summed E-state index contributed by atoms with van der Waals surface area (Å²) in [5.41, 5.74) is 7.25. The average Bonchev–Trinajstić information content (AvgIpc) is 2.83. The lowest BCUT2D eigenvalue weighted by molar-refractivity contribution is -0.0106. The lowest BCUT2D eigenvalue weighted by atomic mass is 9.78. The van der Waals surface area contributed by atoms with Gasteiger partial charge in [-0.25, -0.2) is 4.98 Å². The number of imidazole rings is 1. The molecule has 0 amide bonds. The van der Waals surface area contributed by atoms with Crippen molar-refractivity contribution in [3.05, 3.63) is 30.6 Å². The minimum atomic E-state index is -0.653. The molecule has 1 aliphatic carbocycles. The second-order valence-electron chi connectivity index (χ2n) is 5.78. The van der Waals surface area contributed by atoms with Crippen LogP contribution in [0.3, 0.4) is 0 Å². The Balaban J connectivity index is 1.78. The van der Waals surface area contributed by atoms with Gasteiger partial charge in [0.05, 0.1) is 23.0 Å². The third kappa shape index (κ3) is 2.51. The maximum atomic E-state index is 10.3. The van der Waals surface area contributed by atoms with Crippen molar-refractivity contribution in [2.75, 3.05) is 6.54 Å². The predicted octanol–water partition coefficient (Wildman–Crippen LogP) is 1.92. The number of hydrogen-bond acceptors (Lipinski definition) is 3. The van der Waals surface area contributed by atoms with Crippen LogP contribution in [0.5, 0.6) is 0 Å². The predicted molar refractivity (Wildman–Crippen MR) is 75.7 cm³/mol. The van der Waals surface area contributed by atoms with Crippen molar-refractivity contribution in [3.8, 4) is 0 Å². The topological polar surface area (TPSA) is 64.1 Å². The zero-order valence-corrected chi connectivity index (χ0v) is 11.1. The molecule has 1 heterocycles. The maximum absolute atomic E-state index is 10.3. The second-order valence-corrected chi connectivity index (χ2v) is 5.78. The molecule has 2 atom stereocenters. The first-order chi connectivity index (χ1) is 9.20. The van der Waals surface area contributed by atoms with Crippen molar-refractivity contribution in [2.24, 2.45) is 11.7 Å². The fourth-order valence-corrected chi connectivity index (χ4v) is 3.24. The van der Waals surface area contributed by atoms with E-state index < -0.39 is 5.60 Å². The van der Waals surface area contributed by atoms with Gasteiger partial charge in [-0.2, -0.15) is 0 Å². The molecule has 3 rings (SSSR count). The number of benzene rings is 1. The fourth-order valence-electron chi connectivity index (χ4n) is 3.24. The molecule has 4 nitrogen and oxygen atoms in total. The molecule has 0 saturated heterocycles. The first-order valence-electron chi connectivity index (χ1n) is 7.02. The second kappa shape index (κ2) is 4.94. The molecule has 1 aromatic heterocycles. The Bertz CT molecular complexity index is 565. The summed E-state index contributed by atoms with van der Waals surface area (Å²) in [7, 11) is 0. The van der Waals surface area contributed by atoms with E-state index in [-0.39, 0.29) is 0 Å². The van der Waals surface area contributed by atoms with Crippen LogP contribution in [0.1, 0.15) is 25.7 Å². The first-order valence-corrected chi connectivity index (χ1v) is 7.02. The smallest absolute Gasteiger partial charge is 0.0958 e. The van der Waals surface area contributed by atoms with Gasteiger partial charge in [-0.15, -0.1) is 0 Å². The van der Waals surface area contributed by atoms with E-state index in [9.17, 15) is 5.11 Å². The van der Waals surface area contributed by atoms with E-state index in [4.69, 9.17) is 5.73 Å². The van der Waals surface area contributed by atoms with Crippen molar-refractivity contribution < 1.29 is 5.11 Å². The van der Waals surface area contributed by atoms with Crippen LogP contribution in [0.15, 0.2) is 30.6 Å². The van der Waals surface area contributed by atoms with Crippen molar-refractivity contribution in [1.82, 2.24) is 9.55 Å². The van der Waals surface area contributed by atoms with Crippen LogP contribution < -0.4 is 5.73 Å². The summed E-state index contributed by atoms with van der Waals surface area (Å²) in [4.78, 5) is 4.42. The van der Waals surface area contributed by atoms with E-state index in [2.05, 4.69) is 15.6 Å². The Labute approximate surface area is 113 Å². The van der Waals surface area contributed by atoms with E-state index in [1.165, 1.54) is 5.52 Å². The molecule has 1 fully saturated rings. The van der Waals surface area contributed by atoms with Crippen molar-refractivity contribution in [3.63, 3.8) is 0 Å². The Morgan fingerprint density at radius 2 is 2.26 bits per heavy atom. The van der Waals surface area contributed by atoms with E-state index in [0.29, 0.717) is 12.5 Å². The molecule has 1 saturated carbocycles. The van der Waals surface area contributed by atoms with E-state index in [1.807, 2.05) is 24.5 Å². The number of nitrogens with zero attached hydrogens (tertiary/aromatic N) is 2. The van der Waals surface area contributed by atoms with Gasteiger partial charge in [-0.1, -0.05) is 18.6 Å². The number of fused-ring (bicyclic) bond motifs is 1. The van der Waals surface area contributed by atoms with Gasteiger partial charge in [0.2, 0.25) is 0 Å². The normalized spacial score (nSPS) is 27.8. The summed E-state index contributed by atoms with van der Waals surface area (Å²) in [6, 6.07) is 8.17. The van der Waals surface area contributed by atoms with Gasteiger partial charge in [-0.3, -0.25) is 0 Å². The molecule has 1 aromatic carbocycles. The van der Waals surface area contributed by atoms with Crippen LogP contribution in [0.2, 0.25) is 0 Å². The summed E-state index contributed by atoms with van der Waals surface area (Å²) >= 11 is 0. The number of aromatic nitrogens is 2. The molecule has 0 unspecified atom stereocenters. The highest BCUT2D eigenvalue weighted by atomic mass is 16.3. The molecule has 0 spiro atoms. The Kier molecular flexibility index (Phi) is 3.29. The number of hydrogen-bond donors (Lipinski definition) is 2. The quantitative estimate of drug-likeness (QED) is 0.885. The molecule has 0 bridgehead atoms. The van der Waals surface area contributed by atoms with Gasteiger partial charge in [0.1, 0.15) is 0 Å². The SMILES string of the molecule is NC[C@]1(O)CCC[C@H](Cn2cnc3ccccc32)C1. The number of para-hydroxylation sites is 2. The highest BCUT2D eigenvalue weighted by Crippen LogP contribution is 2.33. The minimum absolute atomic E-state index is 0.369. The average molecular weight is 259 g/mol. The van der Waals surface area contributed by atoms with Crippen LogP contribution in [0, 0.1) is 5.92 Å². The summed E-state index contributed by atoms with van der Waals surface area (Å²) in [6.07, 6.45) is 5.77. The van der Waals surface area contributed by atoms with Crippen molar-refractivity contribution >= 4 is 11.0 Å². The lowest BCUT2D eigenvalue weighted by Gasteiger charge is -2.36. The number of rotatable bonds is 3. The Morgan fingerprint density at radius 1 is 1.42 bits per heavy atom. The first kappa shape index (κ1) is 12.6. The Morgan fingerprint density at radius 3 is 3.11 bits per heavy atom. The van der Waals surface area contributed by atoms with Gasteiger partial charge in [0.25, 0.3) is 0 Å². The molecule has 1 aliphatic rings. The van der Waals surface area contributed by atoms with Gasteiger partial charge in [-0.05, 0) is 37.3 Å². The van der Waals surface area contributed by atoms with Crippen molar-refractivity contribution in [1.29, 1.82) is 0 Å². The summed E-state index contributed by atoms with van der Waals surface area (Å²) in [5.74, 6) is 0.486. The molecule has 0 radical (unpaired) electrons. The van der Waals surface area contributed by atoms with Crippen molar-refractivity contribution in [2.45, 2.75) is 37.8 Å². The summed E-state index contributed by atoms with van der Waals surface area (Å²) in [5, 5.41) is 10.3. The zero-order chi connectivity index (χ0) is 13.3. The molecule has 19 heavy (non-hydrogen) atoms. The third-order valence-electron chi connectivity index (χ3n) is 4.29. The molecular formula is C15H21N3O. The van der Waals surface area contributed by atoms with E-state index in [0.717, 1.165) is 37.7 Å². The van der Waals surface area contributed by atoms with Crippen LogP contribution in [-0.2, 0) is 6.54 Å². The fraction of sp³-hybridized carbons (Fsp3) is 0.533. The third-order valence-corrected chi connectivity index (χ3v) is 4.29. The maximum Gasteiger partial charge on any atom is 0.0958 e. The van der Waals surface area contributed by atoms with Gasteiger partial charge >= 0.3 is 0 Å². The molecule has 102 valence electrons. The van der Waals surface area contributed by atoms with Gasteiger partial charge in [0.15, 0.2) is 0 Å². The standard InChI is InChI=1S/C15H21N3O/c16-10-15(19)7-3-4-12(8-15)9-18-11-17-13-5-1-2-6-14(13)18/h1-2,5-6,11-12,19H,3-4,7-10,16H2/t12-,15-/m0/s1. The molecule has 4 heteroatoms. The number of aliphatic hydroxyl groups is 1. The molecule has 2 aromatic rings. The zero-order valence-electron chi connectivity index (χ0n) is 11.1. The van der Waals surface area contributed by atoms with Crippen LogP contribution in [-0.4, -0.2) is 26.8 Å². The monoisotopic (exact) mass is 259 g/mol. The van der Waals surface area contributed by atoms with E-state index in [1.54, 1.807) is 0 Å². The summed E-state index contributed by atoms with van der Waals surface area (Å²) in [6.45, 7) is 1.29. The van der Waals surface area contributed by atoms with Gasteiger partial charge in [0, 0.05) is 13.1 Å². The molecular weight excluding hydrogens is 238 g/mol. The largest absolute Gasteiger partial charge is 0.389 e. The van der Waals surface area contributed by atoms with Crippen LogP contribution in [0.4, 0.5) is 0 Å². The van der Waals surface area contributed by atoms with E-state index >= 15 is 0 Å². The lowest BCUT2D eigenvalue weighted by Crippen LogP contribution is -2.42. The highest BCUT2D eigenvalue weighted by Gasteiger charge is 2.33. The van der Waals surface area contributed by atoms with Crippen LogP contribution >= 0.6 is 0 Å². The Hall–Kier alpha value is -1.39. The number of nitrogens with two attached hydrogens (primary N) is 1. The highest BCUT2D eigenvalue weighted by molar-refractivity contribution is 5.74. The minimum Gasteiger partial charge on any atom is -0.389 e. The molecule has 0 aliphatic heterocycles. The molecule has 3 N–H and O–H groups in total. The van der Waals surface area contributed by atoms with Gasteiger partial charge < -0.3 is 15.4 Å². The summed E-state index contributed by atoms with van der Waals surface area (Å²) < 4.78 is 2.20.